The molecule has 2 aromatic rings. The van der Waals surface area contributed by atoms with Crippen molar-refractivity contribution in [1.82, 2.24) is 15.2 Å². The van der Waals surface area contributed by atoms with Gasteiger partial charge in [-0.3, -0.25) is 24.8 Å². The average molecular weight is 344 g/mol. The number of carbonyl (C=O) groups excluding carboxylic acids is 2. The fourth-order valence-corrected chi connectivity index (χ4v) is 2.67. The van der Waals surface area contributed by atoms with Crippen LogP contribution in [-0.4, -0.2) is 26.7 Å². The van der Waals surface area contributed by atoms with Crippen molar-refractivity contribution >= 4 is 17.6 Å². The van der Waals surface area contributed by atoms with Crippen molar-refractivity contribution in [3.05, 3.63) is 69.8 Å². The Bertz CT molecular complexity index is 874. The Balaban J connectivity index is 1.87. The summed E-state index contributed by atoms with van der Waals surface area (Å²) in [6.45, 7) is 1.36. The Morgan fingerprint density at radius 2 is 2.12 bits per heavy atom. The van der Waals surface area contributed by atoms with E-state index < -0.39 is 33.9 Å². The van der Waals surface area contributed by atoms with Gasteiger partial charge < -0.3 is 5.32 Å². The van der Waals surface area contributed by atoms with Gasteiger partial charge in [0.15, 0.2) is 0 Å². The number of benzene rings is 1. The molecule has 1 aromatic heterocycles. The Labute approximate surface area is 141 Å². The van der Waals surface area contributed by atoms with Crippen LogP contribution in [0.5, 0.6) is 0 Å². The van der Waals surface area contributed by atoms with Gasteiger partial charge in [-0.05, 0) is 24.6 Å². The first-order valence-electron chi connectivity index (χ1n) is 7.30. The molecule has 2 heterocycles. The number of nitro groups is 1. The normalized spacial score (nSPS) is 19.8. The minimum Gasteiger partial charge on any atom is -0.319 e. The summed E-state index contributed by atoms with van der Waals surface area (Å²) >= 11 is 0. The van der Waals surface area contributed by atoms with E-state index in [2.05, 4.69) is 10.3 Å². The third kappa shape index (κ3) is 2.80. The van der Waals surface area contributed by atoms with Crippen LogP contribution in [-0.2, 0) is 16.9 Å². The summed E-state index contributed by atoms with van der Waals surface area (Å²) in [7, 11) is 0. The highest BCUT2D eigenvalue weighted by Gasteiger charge is 2.49. The number of imide groups is 1. The molecule has 1 aliphatic heterocycles. The van der Waals surface area contributed by atoms with Crippen LogP contribution in [0.2, 0.25) is 0 Å². The van der Waals surface area contributed by atoms with Gasteiger partial charge in [-0.25, -0.2) is 4.79 Å². The maximum Gasteiger partial charge on any atom is 0.325 e. The molecule has 1 saturated heterocycles. The van der Waals surface area contributed by atoms with E-state index in [1.54, 1.807) is 25.3 Å². The van der Waals surface area contributed by atoms with Gasteiger partial charge in [-0.1, -0.05) is 12.1 Å². The van der Waals surface area contributed by atoms with Crippen molar-refractivity contribution in [3.63, 3.8) is 0 Å². The van der Waals surface area contributed by atoms with E-state index in [9.17, 15) is 24.1 Å². The molecule has 3 rings (SSSR count). The number of carbonyl (C=O) groups is 2. The summed E-state index contributed by atoms with van der Waals surface area (Å²) in [6, 6.07) is 5.94. The molecule has 1 unspecified atom stereocenters. The molecule has 1 N–H and O–H groups in total. The van der Waals surface area contributed by atoms with E-state index >= 15 is 0 Å². The lowest BCUT2D eigenvalue weighted by Gasteiger charge is -2.21. The summed E-state index contributed by atoms with van der Waals surface area (Å²) in [5, 5.41) is 13.3. The number of urea groups is 1. The predicted molar refractivity (Wildman–Crippen MR) is 83.7 cm³/mol. The maximum atomic E-state index is 13.7. The Morgan fingerprint density at radius 3 is 2.72 bits per heavy atom. The molecule has 0 spiro atoms. The van der Waals surface area contributed by atoms with Crippen molar-refractivity contribution in [2.45, 2.75) is 19.0 Å². The number of nitrogens with one attached hydrogen (secondary N) is 1. The molecule has 0 saturated carbocycles. The molecule has 0 bridgehead atoms. The molecule has 25 heavy (non-hydrogen) atoms. The molecule has 8 nitrogen and oxygen atoms in total. The Morgan fingerprint density at radius 1 is 1.36 bits per heavy atom. The summed E-state index contributed by atoms with van der Waals surface area (Å²) in [4.78, 5) is 39.6. The molecular weight excluding hydrogens is 331 g/mol. The second-order valence-electron chi connectivity index (χ2n) is 5.73. The lowest BCUT2D eigenvalue weighted by Crippen LogP contribution is -2.40. The molecule has 9 heteroatoms. The van der Waals surface area contributed by atoms with Crippen molar-refractivity contribution in [2.75, 3.05) is 0 Å². The molecule has 1 aliphatic rings. The van der Waals surface area contributed by atoms with Gasteiger partial charge in [0.2, 0.25) is 5.82 Å². The van der Waals surface area contributed by atoms with Crippen molar-refractivity contribution in [1.29, 1.82) is 0 Å². The zero-order chi connectivity index (χ0) is 18.2. The number of rotatable bonds is 4. The van der Waals surface area contributed by atoms with Crippen LogP contribution in [0.1, 0.15) is 18.1 Å². The van der Waals surface area contributed by atoms with Crippen LogP contribution in [0.4, 0.5) is 14.9 Å². The first-order chi connectivity index (χ1) is 11.8. The minimum atomic E-state index is -1.27. The van der Waals surface area contributed by atoms with Crippen LogP contribution in [0, 0.1) is 15.9 Å². The average Bonchev–Trinajstić information content (AvgIpc) is 2.80. The summed E-state index contributed by atoms with van der Waals surface area (Å²) in [5.74, 6) is -1.53. The quantitative estimate of drug-likeness (QED) is 0.519. The molecular formula is C16H13FN4O4. The number of hydrogen-bond acceptors (Lipinski definition) is 5. The monoisotopic (exact) mass is 344 g/mol. The van der Waals surface area contributed by atoms with Crippen molar-refractivity contribution in [2.24, 2.45) is 0 Å². The smallest absolute Gasteiger partial charge is 0.319 e. The van der Waals surface area contributed by atoms with Crippen LogP contribution in [0.3, 0.4) is 0 Å². The maximum absolute atomic E-state index is 13.7. The van der Waals surface area contributed by atoms with Crippen molar-refractivity contribution in [3.8, 4) is 0 Å². The Hall–Kier alpha value is -3.36. The second kappa shape index (κ2) is 5.93. The molecule has 3 amide bonds. The number of nitrogens with zero attached hydrogens (tertiary/aromatic N) is 3. The summed E-state index contributed by atoms with van der Waals surface area (Å²) in [6.07, 6.45) is 3.03. The van der Waals surface area contributed by atoms with E-state index in [4.69, 9.17) is 0 Å². The fraction of sp³-hybridized carbons (Fsp3) is 0.188. The lowest BCUT2D eigenvalue weighted by molar-refractivity contribution is -0.387. The molecule has 0 radical (unpaired) electrons. The van der Waals surface area contributed by atoms with E-state index in [0.29, 0.717) is 5.56 Å². The van der Waals surface area contributed by atoms with Gasteiger partial charge in [0, 0.05) is 24.0 Å². The zero-order valence-corrected chi connectivity index (χ0v) is 13.1. The number of amides is 3. The standard InChI is InChI=1S/C16H13FN4O4/c1-16(11-3-2-6-18-8-11)14(22)20(15(23)19-16)9-10-4-5-13(21(24)25)12(17)7-10/h2-8H,9H2,1H3,(H,19,23). The lowest BCUT2D eigenvalue weighted by atomic mass is 9.93. The van der Waals surface area contributed by atoms with Crippen LogP contribution < -0.4 is 5.32 Å². The van der Waals surface area contributed by atoms with Gasteiger partial charge in [0.05, 0.1) is 11.5 Å². The highest BCUT2D eigenvalue weighted by molar-refractivity contribution is 6.07. The Kier molecular flexibility index (Phi) is 3.91. The van der Waals surface area contributed by atoms with Gasteiger partial charge in [-0.2, -0.15) is 4.39 Å². The van der Waals surface area contributed by atoms with E-state index in [0.717, 1.165) is 17.0 Å². The molecule has 1 atom stereocenters. The van der Waals surface area contributed by atoms with E-state index in [-0.39, 0.29) is 12.1 Å². The second-order valence-corrected chi connectivity index (χ2v) is 5.73. The number of halogens is 1. The molecule has 1 fully saturated rings. The third-order valence-corrected chi connectivity index (χ3v) is 4.06. The van der Waals surface area contributed by atoms with Gasteiger partial charge in [-0.15, -0.1) is 0 Å². The first kappa shape index (κ1) is 16.5. The summed E-state index contributed by atoms with van der Waals surface area (Å²) in [5.41, 5.74) is -1.15. The van der Waals surface area contributed by atoms with Gasteiger partial charge in [0.25, 0.3) is 5.91 Å². The van der Waals surface area contributed by atoms with Crippen molar-refractivity contribution < 1.29 is 18.9 Å². The highest BCUT2D eigenvalue weighted by atomic mass is 19.1. The first-order valence-corrected chi connectivity index (χ1v) is 7.30. The number of nitro benzene ring substituents is 1. The van der Waals surface area contributed by atoms with Crippen LogP contribution in [0.15, 0.2) is 42.7 Å². The third-order valence-electron chi connectivity index (χ3n) is 4.06. The molecule has 128 valence electrons. The minimum absolute atomic E-state index is 0.199. The zero-order valence-electron chi connectivity index (χ0n) is 13.1. The van der Waals surface area contributed by atoms with Gasteiger partial charge in [0.1, 0.15) is 5.54 Å². The fourth-order valence-electron chi connectivity index (χ4n) is 2.67. The highest BCUT2D eigenvalue weighted by Crippen LogP contribution is 2.29. The predicted octanol–water partition coefficient (Wildman–Crippen LogP) is 2.10. The number of aromatic nitrogens is 1. The topological polar surface area (TPSA) is 105 Å². The SMILES string of the molecule is CC1(c2cccnc2)NC(=O)N(Cc2ccc([N+](=O)[O-])c(F)c2)C1=O. The van der Waals surface area contributed by atoms with Gasteiger partial charge >= 0.3 is 11.7 Å². The van der Waals surface area contributed by atoms with E-state index in [1.165, 1.54) is 12.3 Å². The van der Waals surface area contributed by atoms with E-state index in [1.807, 2.05) is 0 Å². The van der Waals surface area contributed by atoms with Crippen LogP contribution >= 0.6 is 0 Å². The molecule has 1 aromatic carbocycles. The molecule has 0 aliphatic carbocycles. The number of hydrogen-bond donors (Lipinski definition) is 1. The number of pyridine rings is 1. The summed E-state index contributed by atoms with van der Waals surface area (Å²) < 4.78 is 13.7. The van der Waals surface area contributed by atoms with Crippen LogP contribution in [0.25, 0.3) is 0 Å². The largest absolute Gasteiger partial charge is 0.325 e.